The van der Waals surface area contributed by atoms with Crippen molar-refractivity contribution in [1.82, 2.24) is 9.36 Å². The Hall–Kier alpha value is -0.640. The van der Waals surface area contributed by atoms with E-state index in [1.54, 1.807) is 0 Å². The maximum atomic E-state index is 4.50. The molecule has 0 saturated heterocycles. The number of fused-ring (bicyclic) bond motifs is 5. The molecule has 0 radical (unpaired) electrons. The summed E-state index contributed by atoms with van der Waals surface area (Å²) < 4.78 is 4.33. The summed E-state index contributed by atoms with van der Waals surface area (Å²) >= 11 is 1.53. The van der Waals surface area contributed by atoms with Crippen molar-refractivity contribution in [2.45, 2.75) is 38.6 Å². The lowest BCUT2D eigenvalue weighted by Crippen LogP contribution is -2.12. The molecule has 1 heterocycles. The van der Waals surface area contributed by atoms with Crippen molar-refractivity contribution in [2.75, 3.05) is 5.32 Å². The lowest BCUT2D eigenvalue weighted by Gasteiger charge is -2.08. The fourth-order valence-electron chi connectivity index (χ4n) is 4.12. The summed E-state index contributed by atoms with van der Waals surface area (Å²) in [5.74, 6) is 5.01. The number of nitrogens with one attached hydrogen (secondary N) is 1. The van der Waals surface area contributed by atoms with E-state index >= 15 is 0 Å². The van der Waals surface area contributed by atoms with E-state index in [9.17, 15) is 0 Å². The minimum atomic E-state index is 0.740. The molecule has 4 unspecified atom stereocenters. The highest BCUT2D eigenvalue weighted by atomic mass is 32.1. The van der Waals surface area contributed by atoms with Crippen molar-refractivity contribution in [3.63, 3.8) is 0 Å². The highest BCUT2D eigenvalue weighted by molar-refractivity contribution is 7.09. The van der Waals surface area contributed by atoms with Crippen molar-refractivity contribution in [3.05, 3.63) is 5.82 Å². The predicted octanol–water partition coefficient (Wildman–Crippen LogP) is 2.56. The number of hydrogen-bond donors (Lipinski definition) is 1. The van der Waals surface area contributed by atoms with E-state index < -0.39 is 0 Å². The fraction of sp³-hybridized carbons (Fsp3) is 0.833. The van der Waals surface area contributed by atoms with E-state index in [4.69, 9.17) is 0 Å². The zero-order chi connectivity index (χ0) is 10.7. The summed E-state index contributed by atoms with van der Waals surface area (Å²) in [6, 6.07) is 0.740. The normalized spacial score (nSPS) is 43.4. The summed E-state index contributed by atoms with van der Waals surface area (Å²) in [7, 11) is 0. The van der Waals surface area contributed by atoms with Crippen molar-refractivity contribution < 1.29 is 0 Å². The Bertz CT molecular complexity index is 400. The van der Waals surface area contributed by atoms with Crippen molar-refractivity contribution in [3.8, 4) is 0 Å². The van der Waals surface area contributed by atoms with Gasteiger partial charge in [-0.3, -0.25) is 0 Å². The standard InChI is InChI=1S/C12H17N3S/c1-2-8-13-12(16-15-8)14-11-9-6-3-4-7(5-6)10(9)11/h6-7,9-11H,2-5H2,1H3,(H,13,14,15). The van der Waals surface area contributed by atoms with E-state index in [-0.39, 0.29) is 0 Å². The minimum absolute atomic E-state index is 0.740. The Morgan fingerprint density at radius 1 is 1.31 bits per heavy atom. The summed E-state index contributed by atoms with van der Waals surface area (Å²) in [4.78, 5) is 4.50. The van der Waals surface area contributed by atoms with Crippen molar-refractivity contribution >= 4 is 16.7 Å². The van der Waals surface area contributed by atoms with Gasteiger partial charge in [0, 0.05) is 24.0 Å². The van der Waals surface area contributed by atoms with Gasteiger partial charge in [-0.05, 0) is 42.9 Å². The zero-order valence-electron chi connectivity index (χ0n) is 9.52. The first kappa shape index (κ1) is 9.40. The van der Waals surface area contributed by atoms with Gasteiger partial charge in [-0.1, -0.05) is 6.92 Å². The van der Waals surface area contributed by atoms with Crippen LogP contribution in [0.25, 0.3) is 0 Å². The molecule has 1 aromatic heterocycles. The molecule has 0 amide bonds. The average Bonchev–Trinajstić information content (AvgIpc) is 2.75. The van der Waals surface area contributed by atoms with E-state index in [1.165, 1.54) is 30.8 Å². The highest BCUT2D eigenvalue weighted by Gasteiger charge is 2.65. The van der Waals surface area contributed by atoms with Crippen molar-refractivity contribution in [1.29, 1.82) is 0 Å². The molecular weight excluding hydrogens is 218 g/mol. The molecule has 3 nitrogen and oxygen atoms in total. The molecule has 0 aromatic carbocycles. The Balaban J connectivity index is 1.46. The molecule has 3 aliphatic rings. The first-order valence-electron chi connectivity index (χ1n) is 6.46. The van der Waals surface area contributed by atoms with Gasteiger partial charge in [0.25, 0.3) is 0 Å². The van der Waals surface area contributed by atoms with E-state index in [0.29, 0.717) is 0 Å². The van der Waals surface area contributed by atoms with Gasteiger partial charge in [0.2, 0.25) is 5.13 Å². The molecule has 4 rings (SSSR count). The lowest BCUT2D eigenvalue weighted by molar-refractivity contribution is 0.456. The summed E-state index contributed by atoms with van der Waals surface area (Å²) in [6.07, 6.45) is 5.44. The Morgan fingerprint density at radius 3 is 2.69 bits per heavy atom. The zero-order valence-corrected chi connectivity index (χ0v) is 10.3. The van der Waals surface area contributed by atoms with Crippen LogP contribution in [0, 0.1) is 23.7 Å². The second-order valence-corrected chi connectivity index (χ2v) is 6.28. The largest absolute Gasteiger partial charge is 0.357 e. The number of nitrogens with zero attached hydrogens (tertiary/aromatic N) is 2. The smallest absolute Gasteiger partial charge is 0.202 e. The van der Waals surface area contributed by atoms with Crippen LogP contribution in [0.2, 0.25) is 0 Å². The molecule has 3 fully saturated rings. The molecule has 1 N–H and O–H groups in total. The summed E-state index contributed by atoms with van der Waals surface area (Å²) in [5, 5.41) is 4.67. The van der Waals surface area contributed by atoms with Gasteiger partial charge >= 0.3 is 0 Å². The van der Waals surface area contributed by atoms with Crippen LogP contribution in [0.15, 0.2) is 0 Å². The van der Waals surface area contributed by atoms with Gasteiger partial charge < -0.3 is 5.32 Å². The van der Waals surface area contributed by atoms with Crippen LogP contribution < -0.4 is 5.32 Å². The molecule has 4 heteroatoms. The van der Waals surface area contributed by atoms with Gasteiger partial charge in [0.15, 0.2) is 0 Å². The third kappa shape index (κ3) is 1.19. The maximum absolute atomic E-state index is 4.50. The molecule has 0 aliphatic heterocycles. The molecule has 3 saturated carbocycles. The van der Waals surface area contributed by atoms with Crippen LogP contribution in [-0.2, 0) is 6.42 Å². The number of rotatable bonds is 3. The topological polar surface area (TPSA) is 37.8 Å². The molecule has 2 bridgehead atoms. The quantitative estimate of drug-likeness (QED) is 0.875. The van der Waals surface area contributed by atoms with Crippen LogP contribution in [0.1, 0.15) is 32.0 Å². The van der Waals surface area contributed by atoms with E-state index in [1.807, 2.05) is 0 Å². The van der Waals surface area contributed by atoms with Gasteiger partial charge in [0.05, 0.1) is 0 Å². The summed E-state index contributed by atoms with van der Waals surface area (Å²) in [6.45, 7) is 2.11. The fourth-order valence-corrected chi connectivity index (χ4v) is 4.81. The van der Waals surface area contributed by atoms with Crippen molar-refractivity contribution in [2.24, 2.45) is 23.7 Å². The first-order valence-corrected chi connectivity index (χ1v) is 7.23. The minimum Gasteiger partial charge on any atom is -0.357 e. The number of anilines is 1. The number of hydrogen-bond acceptors (Lipinski definition) is 4. The molecule has 16 heavy (non-hydrogen) atoms. The van der Waals surface area contributed by atoms with Crippen LogP contribution >= 0.6 is 11.5 Å². The maximum Gasteiger partial charge on any atom is 0.202 e. The molecule has 4 atom stereocenters. The van der Waals surface area contributed by atoms with Crippen LogP contribution in [-0.4, -0.2) is 15.4 Å². The van der Waals surface area contributed by atoms with Gasteiger partial charge in [-0.25, -0.2) is 4.98 Å². The van der Waals surface area contributed by atoms with Crippen LogP contribution in [0.5, 0.6) is 0 Å². The molecule has 86 valence electrons. The van der Waals surface area contributed by atoms with Crippen LogP contribution in [0.4, 0.5) is 5.13 Å². The number of aromatic nitrogens is 2. The average molecular weight is 235 g/mol. The first-order chi connectivity index (χ1) is 7.86. The molecular formula is C12H17N3S. The Kier molecular flexibility index (Phi) is 1.87. The van der Waals surface area contributed by atoms with Gasteiger partial charge in [-0.15, -0.1) is 0 Å². The molecule has 1 aromatic rings. The number of aryl methyl sites for hydroxylation is 1. The predicted molar refractivity (Wildman–Crippen MR) is 64.5 cm³/mol. The van der Waals surface area contributed by atoms with Gasteiger partial charge in [-0.2, -0.15) is 4.37 Å². The highest BCUT2D eigenvalue weighted by Crippen LogP contribution is 2.66. The Morgan fingerprint density at radius 2 is 2.06 bits per heavy atom. The Labute approximate surface area is 99.8 Å². The monoisotopic (exact) mass is 235 g/mol. The lowest BCUT2D eigenvalue weighted by atomic mass is 10.0. The summed E-state index contributed by atoms with van der Waals surface area (Å²) in [5.41, 5.74) is 0. The second kappa shape index (κ2) is 3.19. The molecule has 3 aliphatic carbocycles. The SMILES string of the molecule is CCc1nsc(NC2C3C4CCC(C4)C23)n1. The van der Waals surface area contributed by atoms with E-state index in [0.717, 1.165) is 47.1 Å². The van der Waals surface area contributed by atoms with Gasteiger partial charge in [0.1, 0.15) is 5.82 Å². The molecule has 0 spiro atoms. The van der Waals surface area contributed by atoms with E-state index in [2.05, 4.69) is 21.6 Å². The second-order valence-electron chi connectivity index (χ2n) is 5.53. The van der Waals surface area contributed by atoms with Crippen LogP contribution in [0.3, 0.4) is 0 Å². The third-order valence-corrected chi connectivity index (χ3v) is 5.49. The third-order valence-electron chi connectivity index (χ3n) is 4.81.